The van der Waals surface area contributed by atoms with Crippen LogP contribution < -0.4 is 4.74 Å². The van der Waals surface area contributed by atoms with Crippen LogP contribution in [0.5, 0.6) is 5.75 Å². The highest BCUT2D eigenvalue weighted by Gasteiger charge is 2.34. The van der Waals surface area contributed by atoms with E-state index in [1.165, 1.54) is 28.3 Å². The molecule has 0 aliphatic carbocycles. The van der Waals surface area contributed by atoms with Crippen LogP contribution in [0.15, 0.2) is 53.2 Å². The summed E-state index contributed by atoms with van der Waals surface area (Å²) < 4.78 is 19.5. The molecule has 1 aromatic carbocycles. The SMILES string of the molecule is CCC(C)CN(CC(=O)N1CCc2sccc2C1COc1cccc(F)c1)C(=O)c1cccs1. The Kier molecular flexibility index (Phi) is 8.00. The number of thiophene rings is 2. The van der Waals surface area contributed by atoms with Crippen LogP contribution in [0.1, 0.15) is 46.4 Å². The molecule has 4 rings (SSSR count). The maximum atomic E-state index is 13.6. The highest BCUT2D eigenvalue weighted by atomic mass is 32.1. The summed E-state index contributed by atoms with van der Waals surface area (Å²) in [6.07, 6.45) is 1.70. The fraction of sp³-hybridized carbons (Fsp3) is 0.385. The number of amides is 2. The first-order valence-electron chi connectivity index (χ1n) is 11.5. The molecule has 3 heterocycles. The molecule has 2 atom stereocenters. The molecule has 0 bridgehead atoms. The summed E-state index contributed by atoms with van der Waals surface area (Å²) in [5.74, 6) is 0.148. The molecule has 3 aromatic rings. The molecule has 0 N–H and O–H groups in total. The number of hydrogen-bond donors (Lipinski definition) is 0. The number of rotatable bonds is 9. The molecule has 34 heavy (non-hydrogen) atoms. The first-order chi connectivity index (χ1) is 16.5. The molecule has 180 valence electrons. The molecule has 1 aliphatic rings. The second-order valence-electron chi connectivity index (χ2n) is 8.60. The highest BCUT2D eigenvalue weighted by molar-refractivity contribution is 7.12. The molecular weight excluding hydrogens is 471 g/mol. The Balaban J connectivity index is 1.53. The topological polar surface area (TPSA) is 49.9 Å². The minimum absolute atomic E-state index is 0.0248. The number of ether oxygens (including phenoxy) is 1. The largest absolute Gasteiger partial charge is 0.491 e. The number of hydrogen-bond acceptors (Lipinski definition) is 5. The van der Waals surface area contributed by atoms with E-state index in [0.717, 1.165) is 18.4 Å². The van der Waals surface area contributed by atoms with E-state index in [9.17, 15) is 14.0 Å². The summed E-state index contributed by atoms with van der Waals surface area (Å²) in [6.45, 7) is 5.52. The van der Waals surface area contributed by atoms with Gasteiger partial charge in [-0.25, -0.2) is 4.39 Å². The minimum atomic E-state index is -0.363. The van der Waals surface area contributed by atoms with Crippen LogP contribution >= 0.6 is 22.7 Å². The van der Waals surface area contributed by atoms with Crippen molar-refractivity contribution in [2.45, 2.75) is 32.7 Å². The van der Waals surface area contributed by atoms with Crippen molar-refractivity contribution in [3.05, 3.63) is 74.4 Å². The highest BCUT2D eigenvalue weighted by Crippen LogP contribution is 2.34. The van der Waals surface area contributed by atoms with Crippen LogP contribution in [-0.2, 0) is 11.2 Å². The van der Waals surface area contributed by atoms with Gasteiger partial charge in [0.25, 0.3) is 5.91 Å². The Morgan fingerprint density at radius 2 is 2.06 bits per heavy atom. The van der Waals surface area contributed by atoms with Crippen LogP contribution in [0, 0.1) is 11.7 Å². The maximum absolute atomic E-state index is 13.6. The summed E-state index contributed by atoms with van der Waals surface area (Å²) in [6, 6.07) is 11.4. The molecule has 2 aromatic heterocycles. The van der Waals surface area contributed by atoms with Crippen LogP contribution in [0.2, 0.25) is 0 Å². The third kappa shape index (κ3) is 5.67. The molecule has 2 amide bonds. The molecule has 0 spiro atoms. The number of fused-ring (bicyclic) bond motifs is 1. The number of benzene rings is 1. The fourth-order valence-corrected chi connectivity index (χ4v) is 5.76. The van der Waals surface area contributed by atoms with Gasteiger partial charge in [0.15, 0.2) is 0 Å². The zero-order valence-electron chi connectivity index (χ0n) is 19.4. The van der Waals surface area contributed by atoms with Crippen LogP contribution in [-0.4, -0.2) is 47.9 Å². The lowest BCUT2D eigenvalue weighted by molar-refractivity contribution is -0.135. The zero-order chi connectivity index (χ0) is 24.1. The molecule has 5 nitrogen and oxygen atoms in total. The Labute approximate surface area is 207 Å². The quantitative estimate of drug-likeness (QED) is 0.382. The smallest absolute Gasteiger partial charge is 0.264 e. The predicted octanol–water partition coefficient (Wildman–Crippen LogP) is 5.64. The van der Waals surface area contributed by atoms with Gasteiger partial charge in [0.05, 0.1) is 10.9 Å². The first-order valence-corrected chi connectivity index (χ1v) is 13.3. The third-order valence-corrected chi connectivity index (χ3v) is 8.05. The number of halogens is 1. The normalized spacial score (nSPS) is 16.1. The lowest BCUT2D eigenvalue weighted by Crippen LogP contribution is -2.48. The van der Waals surface area contributed by atoms with E-state index in [0.29, 0.717) is 23.7 Å². The summed E-state index contributed by atoms with van der Waals surface area (Å²) in [5, 5.41) is 3.91. The van der Waals surface area contributed by atoms with Crippen molar-refractivity contribution in [3.8, 4) is 5.75 Å². The van der Waals surface area contributed by atoms with Crippen molar-refractivity contribution in [2.75, 3.05) is 26.2 Å². The lowest BCUT2D eigenvalue weighted by atomic mass is 10.00. The second-order valence-corrected chi connectivity index (χ2v) is 10.5. The zero-order valence-corrected chi connectivity index (χ0v) is 21.0. The van der Waals surface area contributed by atoms with E-state index in [4.69, 9.17) is 4.74 Å². The molecule has 0 saturated carbocycles. The fourth-order valence-electron chi connectivity index (χ4n) is 4.14. The maximum Gasteiger partial charge on any atom is 0.264 e. The lowest BCUT2D eigenvalue weighted by Gasteiger charge is -2.37. The van der Waals surface area contributed by atoms with Gasteiger partial charge in [0.2, 0.25) is 5.91 Å². The van der Waals surface area contributed by atoms with Crippen molar-refractivity contribution >= 4 is 34.5 Å². The summed E-state index contributed by atoms with van der Waals surface area (Å²) in [4.78, 5) is 32.1. The van der Waals surface area contributed by atoms with Crippen molar-refractivity contribution in [2.24, 2.45) is 5.92 Å². The Hall–Kier alpha value is -2.71. The number of nitrogens with zero attached hydrogens (tertiary/aromatic N) is 2. The molecule has 8 heteroatoms. The molecule has 0 radical (unpaired) electrons. The van der Waals surface area contributed by atoms with Gasteiger partial charge in [-0.1, -0.05) is 32.4 Å². The van der Waals surface area contributed by atoms with Crippen molar-refractivity contribution in [1.82, 2.24) is 9.80 Å². The molecule has 0 fully saturated rings. The Bertz CT molecular complexity index is 1110. The average molecular weight is 501 g/mol. The van der Waals surface area contributed by atoms with E-state index in [1.807, 2.05) is 27.8 Å². The van der Waals surface area contributed by atoms with Crippen LogP contribution in [0.3, 0.4) is 0 Å². The third-order valence-electron chi connectivity index (χ3n) is 6.19. The van der Waals surface area contributed by atoms with E-state index in [1.54, 1.807) is 34.4 Å². The van der Waals surface area contributed by atoms with E-state index in [-0.39, 0.29) is 42.7 Å². The first kappa shape index (κ1) is 24.4. The number of carbonyl (C=O) groups excluding carboxylic acids is 2. The summed E-state index contributed by atoms with van der Waals surface area (Å²) in [5.41, 5.74) is 1.07. The van der Waals surface area contributed by atoms with Crippen molar-refractivity contribution in [1.29, 1.82) is 0 Å². The van der Waals surface area contributed by atoms with E-state index >= 15 is 0 Å². The molecule has 2 unspecified atom stereocenters. The van der Waals surface area contributed by atoms with E-state index < -0.39 is 0 Å². The van der Waals surface area contributed by atoms with Gasteiger partial charge in [-0.2, -0.15) is 0 Å². The summed E-state index contributed by atoms with van der Waals surface area (Å²) in [7, 11) is 0. The van der Waals surface area contributed by atoms with Gasteiger partial charge >= 0.3 is 0 Å². The van der Waals surface area contributed by atoms with E-state index in [2.05, 4.69) is 13.8 Å². The molecule has 0 saturated heterocycles. The predicted molar refractivity (Wildman–Crippen MR) is 134 cm³/mol. The van der Waals surface area contributed by atoms with Crippen molar-refractivity contribution < 1.29 is 18.7 Å². The van der Waals surface area contributed by atoms with Gasteiger partial charge in [0, 0.05) is 24.0 Å². The average Bonchev–Trinajstić information content (AvgIpc) is 3.53. The second kappa shape index (κ2) is 11.1. The minimum Gasteiger partial charge on any atom is -0.491 e. The standard InChI is InChI=1S/C26H29FN2O3S2/c1-3-18(2)15-28(26(31)24-8-5-12-33-24)16-25(30)29-11-9-23-21(10-13-34-23)22(29)17-32-20-7-4-6-19(27)14-20/h4-8,10,12-14,18,22H,3,9,11,15-17H2,1-2H3. The monoisotopic (exact) mass is 500 g/mol. The summed E-state index contributed by atoms with van der Waals surface area (Å²) >= 11 is 3.07. The molecular formula is C26H29FN2O3S2. The van der Waals surface area contributed by atoms with Crippen molar-refractivity contribution in [3.63, 3.8) is 0 Å². The van der Waals surface area contributed by atoms with Gasteiger partial charge in [0.1, 0.15) is 24.7 Å². The van der Waals surface area contributed by atoms with Crippen LogP contribution in [0.25, 0.3) is 0 Å². The molecule has 1 aliphatic heterocycles. The van der Waals surface area contributed by atoms with Gasteiger partial charge in [-0.3, -0.25) is 9.59 Å². The van der Waals surface area contributed by atoms with Gasteiger partial charge < -0.3 is 14.5 Å². The Morgan fingerprint density at radius 1 is 1.21 bits per heavy atom. The Morgan fingerprint density at radius 3 is 2.79 bits per heavy atom. The van der Waals surface area contributed by atoms with Gasteiger partial charge in [-0.05, 0) is 52.9 Å². The number of carbonyl (C=O) groups is 2. The van der Waals surface area contributed by atoms with Gasteiger partial charge in [-0.15, -0.1) is 22.7 Å². The van der Waals surface area contributed by atoms with Crippen LogP contribution in [0.4, 0.5) is 4.39 Å².